The minimum atomic E-state index is -0.852. The van der Waals surface area contributed by atoms with Gasteiger partial charge in [-0.25, -0.2) is 9.59 Å². The average molecular weight is 220 g/mol. The average Bonchev–Trinajstić information content (AvgIpc) is 2.18. The molecule has 0 saturated carbocycles. The van der Waals surface area contributed by atoms with Gasteiger partial charge in [0.15, 0.2) is 0 Å². The van der Waals surface area contributed by atoms with Gasteiger partial charge in [-0.2, -0.15) is 0 Å². The van der Waals surface area contributed by atoms with Crippen LogP contribution in [0.1, 0.15) is 6.92 Å². The number of rotatable bonds is 1. The summed E-state index contributed by atoms with van der Waals surface area (Å²) in [5, 5.41) is 2.73. The second-order valence-corrected chi connectivity index (χ2v) is 3.21. The minimum Gasteiger partial charge on any atom is -0.372 e. The lowest BCUT2D eigenvalue weighted by atomic mass is 10.2. The standard InChI is InChI=1S/C10H8N2O4/c1-5(13)11-7-4-2-3-6-8(7)12-10(15)16-9(6)14/h2-4H,1H3,(H,11,13)(H,12,15). The van der Waals surface area contributed by atoms with Crippen LogP contribution < -0.4 is 16.7 Å². The van der Waals surface area contributed by atoms with Crippen molar-refractivity contribution in [1.82, 2.24) is 4.98 Å². The fourth-order valence-corrected chi connectivity index (χ4v) is 1.42. The Balaban J connectivity index is 2.81. The highest BCUT2D eigenvalue weighted by Gasteiger charge is 2.07. The summed E-state index contributed by atoms with van der Waals surface area (Å²) in [5.41, 5.74) is -0.0973. The van der Waals surface area contributed by atoms with E-state index < -0.39 is 11.4 Å². The fraction of sp³-hybridized carbons (Fsp3) is 0.100. The molecule has 2 aromatic rings. The Bertz CT molecular complexity index is 668. The van der Waals surface area contributed by atoms with Gasteiger partial charge < -0.3 is 9.73 Å². The first-order valence-corrected chi connectivity index (χ1v) is 4.51. The summed E-state index contributed by atoms with van der Waals surface area (Å²) in [6, 6.07) is 4.67. The van der Waals surface area contributed by atoms with Gasteiger partial charge in [0.05, 0.1) is 16.6 Å². The number of para-hydroxylation sites is 1. The molecule has 2 N–H and O–H groups in total. The monoisotopic (exact) mass is 220 g/mol. The maximum Gasteiger partial charge on any atom is 0.419 e. The number of carbonyl (C=O) groups is 1. The minimum absolute atomic E-state index is 0.214. The van der Waals surface area contributed by atoms with E-state index in [2.05, 4.69) is 14.7 Å². The number of aromatic amines is 1. The Morgan fingerprint density at radius 2 is 2.12 bits per heavy atom. The smallest absolute Gasteiger partial charge is 0.372 e. The Morgan fingerprint density at radius 1 is 1.38 bits per heavy atom. The van der Waals surface area contributed by atoms with E-state index >= 15 is 0 Å². The van der Waals surface area contributed by atoms with Crippen LogP contribution in [0.25, 0.3) is 10.9 Å². The first kappa shape index (κ1) is 10.2. The first-order chi connectivity index (χ1) is 7.58. The van der Waals surface area contributed by atoms with Crippen molar-refractivity contribution in [3.63, 3.8) is 0 Å². The molecule has 1 amide bonds. The van der Waals surface area contributed by atoms with Crippen molar-refractivity contribution in [3.8, 4) is 0 Å². The second kappa shape index (κ2) is 3.65. The van der Waals surface area contributed by atoms with E-state index in [-0.39, 0.29) is 16.8 Å². The maximum atomic E-state index is 11.3. The molecular weight excluding hydrogens is 212 g/mol. The lowest BCUT2D eigenvalue weighted by molar-refractivity contribution is -0.114. The van der Waals surface area contributed by atoms with Gasteiger partial charge in [-0.3, -0.25) is 9.78 Å². The Labute approximate surface area is 88.9 Å². The number of anilines is 1. The topological polar surface area (TPSA) is 92.2 Å². The number of nitrogens with one attached hydrogen (secondary N) is 2. The van der Waals surface area contributed by atoms with Crippen molar-refractivity contribution < 1.29 is 9.21 Å². The van der Waals surface area contributed by atoms with E-state index in [4.69, 9.17) is 0 Å². The number of benzene rings is 1. The first-order valence-electron chi connectivity index (χ1n) is 4.51. The molecule has 0 atom stereocenters. The molecule has 6 nitrogen and oxygen atoms in total. The normalized spacial score (nSPS) is 10.3. The van der Waals surface area contributed by atoms with E-state index in [9.17, 15) is 14.4 Å². The van der Waals surface area contributed by atoms with Crippen LogP contribution in [0.3, 0.4) is 0 Å². The molecule has 6 heteroatoms. The molecule has 0 unspecified atom stereocenters. The van der Waals surface area contributed by atoms with Crippen LogP contribution in [0.4, 0.5) is 5.69 Å². The van der Waals surface area contributed by atoms with Crippen LogP contribution >= 0.6 is 0 Å². The Morgan fingerprint density at radius 3 is 2.81 bits per heavy atom. The number of fused-ring (bicyclic) bond motifs is 1. The van der Waals surface area contributed by atoms with Crippen LogP contribution in [0.2, 0.25) is 0 Å². The van der Waals surface area contributed by atoms with Gasteiger partial charge in [0.1, 0.15) is 0 Å². The SMILES string of the molecule is CC(=O)Nc1cccc2c(=O)oc(=O)[nH]c12. The lowest BCUT2D eigenvalue weighted by Gasteiger charge is -2.04. The number of hydrogen-bond acceptors (Lipinski definition) is 4. The van der Waals surface area contributed by atoms with Gasteiger partial charge in [0.2, 0.25) is 5.91 Å². The molecule has 0 fully saturated rings. The van der Waals surface area contributed by atoms with E-state index in [0.29, 0.717) is 5.69 Å². The van der Waals surface area contributed by atoms with Crippen molar-refractivity contribution in [2.75, 3.05) is 5.32 Å². The molecule has 1 heterocycles. The number of amides is 1. The summed E-state index contributed by atoms with van der Waals surface area (Å²) in [6.07, 6.45) is 0. The van der Waals surface area contributed by atoms with Crippen molar-refractivity contribution in [2.24, 2.45) is 0 Å². The summed E-state index contributed by atoms with van der Waals surface area (Å²) in [7, 11) is 0. The lowest BCUT2D eigenvalue weighted by Crippen LogP contribution is -2.16. The predicted octanol–water partition coefficient (Wildman–Crippen LogP) is 0.440. The number of aromatic nitrogens is 1. The molecule has 82 valence electrons. The molecule has 0 spiro atoms. The van der Waals surface area contributed by atoms with Crippen LogP contribution in [0.5, 0.6) is 0 Å². The zero-order valence-electron chi connectivity index (χ0n) is 8.37. The molecule has 2 rings (SSSR count). The Kier molecular flexibility index (Phi) is 2.32. The third kappa shape index (κ3) is 1.72. The largest absolute Gasteiger partial charge is 0.419 e. The van der Waals surface area contributed by atoms with Gasteiger partial charge in [-0.15, -0.1) is 0 Å². The van der Waals surface area contributed by atoms with Crippen LogP contribution in [-0.4, -0.2) is 10.9 Å². The molecule has 0 aliphatic heterocycles. The Hall–Kier alpha value is -2.37. The highest BCUT2D eigenvalue weighted by Crippen LogP contribution is 2.17. The van der Waals surface area contributed by atoms with Crippen LogP contribution in [-0.2, 0) is 4.79 Å². The summed E-state index contributed by atoms with van der Waals surface area (Å²) >= 11 is 0. The van der Waals surface area contributed by atoms with Crippen molar-refractivity contribution in [1.29, 1.82) is 0 Å². The summed E-state index contributed by atoms with van der Waals surface area (Å²) < 4.78 is 4.37. The zero-order chi connectivity index (χ0) is 11.7. The summed E-state index contributed by atoms with van der Waals surface area (Å²) in [5.74, 6) is -1.14. The van der Waals surface area contributed by atoms with Crippen LogP contribution in [0.15, 0.2) is 32.2 Å². The zero-order valence-corrected chi connectivity index (χ0v) is 8.37. The van der Waals surface area contributed by atoms with E-state index in [0.717, 1.165) is 0 Å². The molecule has 16 heavy (non-hydrogen) atoms. The summed E-state index contributed by atoms with van der Waals surface area (Å²) in [4.78, 5) is 35.6. The molecule has 0 radical (unpaired) electrons. The van der Waals surface area contributed by atoms with E-state index in [1.165, 1.54) is 13.0 Å². The van der Waals surface area contributed by atoms with Crippen molar-refractivity contribution in [2.45, 2.75) is 6.92 Å². The van der Waals surface area contributed by atoms with Gasteiger partial charge in [0.25, 0.3) is 0 Å². The fourth-order valence-electron chi connectivity index (χ4n) is 1.42. The maximum absolute atomic E-state index is 11.3. The molecule has 1 aromatic heterocycles. The molecule has 0 bridgehead atoms. The van der Waals surface area contributed by atoms with Crippen molar-refractivity contribution >= 4 is 22.5 Å². The molecule has 0 aliphatic carbocycles. The third-order valence-corrected chi connectivity index (χ3v) is 2.01. The van der Waals surface area contributed by atoms with Gasteiger partial charge in [-0.05, 0) is 12.1 Å². The quantitative estimate of drug-likeness (QED) is 0.729. The summed E-state index contributed by atoms with van der Waals surface area (Å²) in [6.45, 7) is 1.34. The van der Waals surface area contributed by atoms with Gasteiger partial charge in [0, 0.05) is 6.92 Å². The van der Waals surface area contributed by atoms with Gasteiger partial charge >= 0.3 is 11.4 Å². The van der Waals surface area contributed by atoms with Crippen molar-refractivity contribution in [3.05, 3.63) is 39.2 Å². The molecule has 1 aromatic carbocycles. The highest BCUT2D eigenvalue weighted by atomic mass is 16.4. The number of H-pyrrole nitrogens is 1. The predicted molar refractivity (Wildman–Crippen MR) is 57.4 cm³/mol. The van der Waals surface area contributed by atoms with E-state index in [1.54, 1.807) is 12.1 Å². The third-order valence-electron chi connectivity index (χ3n) is 2.01. The highest BCUT2D eigenvalue weighted by molar-refractivity contribution is 5.98. The molecule has 0 aliphatic rings. The second-order valence-electron chi connectivity index (χ2n) is 3.21. The van der Waals surface area contributed by atoms with Crippen LogP contribution in [0, 0.1) is 0 Å². The number of hydrogen-bond donors (Lipinski definition) is 2. The van der Waals surface area contributed by atoms with E-state index in [1.807, 2.05) is 0 Å². The molecular formula is C10H8N2O4. The number of carbonyl (C=O) groups excluding carboxylic acids is 1. The van der Waals surface area contributed by atoms with Gasteiger partial charge in [-0.1, -0.05) is 6.07 Å². The molecule has 0 saturated heterocycles.